The van der Waals surface area contributed by atoms with Crippen LogP contribution < -0.4 is 5.73 Å². The van der Waals surface area contributed by atoms with Crippen LogP contribution >= 0.6 is 12.4 Å². The minimum atomic E-state index is -2.78. The van der Waals surface area contributed by atoms with Gasteiger partial charge in [-0.25, -0.2) is 8.78 Å². The molecule has 0 fully saturated rings. The molecule has 0 heterocycles. The molecule has 0 spiro atoms. The van der Waals surface area contributed by atoms with Crippen LogP contribution in [0.1, 0.15) is 5.56 Å². The van der Waals surface area contributed by atoms with Crippen molar-refractivity contribution in [3.8, 4) is 0 Å². The van der Waals surface area contributed by atoms with Crippen LogP contribution in [0.5, 0.6) is 0 Å². The Kier molecular flexibility index (Phi) is 4.88. The first-order valence-electron chi connectivity index (χ1n) is 3.76. The van der Waals surface area contributed by atoms with Gasteiger partial charge in [-0.2, -0.15) is 0 Å². The first-order chi connectivity index (χ1) is 5.64. The normalized spacial score (nSPS) is 10.7. The van der Waals surface area contributed by atoms with E-state index in [4.69, 9.17) is 5.73 Å². The van der Waals surface area contributed by atoms with Gasteiger partial charge in [0.05, 0.1) is 6.54 Å². The Balaban J connectivity index is 0.00000144. The Morgan fingerprint density at radius 1 is 1.15 bits per heavy atom. The third kappa shape index (κ3) is 4.20. The van der Waals surface area contributed by atoms with E-state index in [1.165, 1.54) is 0 Å². The summed E-state index contributed by atoms with van der Waals surface area (Å²) in [6, 6.07) is 8.61. The molecule has 74 valence electrons. The third-order valence-corrected chi connectivity index (χ3v) is 1.60. The molecule has 4 heteroatoms. The largest absolute Gasteiger partial charge is 0.325 e. The van der Waals surface area contributed by atoms with E-state index in [0.29, 0.717) is 5.56 Å². The summed E-state index contributed by atoms with van der Waals surface area (Å²) < 4.78 is 25.4. The van der Waals surface area contributed by atoms with Crippen molar-refractivity contribution < 1.29 is 8.78 Å². The van der Waals surface area contributed by atoms with Gasteiger partial charge in [-0.3, -0.25) is 0 Å². The van der Waals surface area contributed by atoms with Gasteiger partial charge in [0, 0.05) is 6.42 Å². The maximum Gasteiger partial charge on any atom is 0.264 e. The molecule has 0 saturated heterocycles. The molecule has 0 saturated carbocycles. The van der Waals surface area contributed by atoms with Crippen molar-refractivity contribution in [3.63, 3.8) is 0 Å². The van der Waals surface area contributed by atoms with E-state index in [9.17, 15) is 8.78 Å². The van der Waals surface area contributed by atoms with Gasteiger partial charge in [0.25, 0.3) is 5.92 Å². The monoisotopic (exact) mass is 207 g/mol. The fourth-order valence-corrected chi connectivity index (χ4v) is 0.967. The van der Waals surface area contributed by atoms with Crippen LogP contribution in [0.15, 0.2) is 30.3 Å². The number of benzene rings is 1. The molecule has 1 nitrogen and oxygen atoms in total. The van der Waals surface area contributed by atoms with Crippen molar-refractivity contribution in [1.82, 2.24) is 0 Å². The van der Waals surface area contributed by atoms with Gasteiger partial charge in [-0.05, 0) is 5.56 Å². The lowest BCUT2D eigenvalue weighted by atomic mass is 10.1. The molecule has 0 aliphatic heterocycles. The molecule has 2 N–H and O–H groups in total. The second kappa shape index (κ2) is 5.14. The van der Waals surface area contributed by atoms with E-state index >= 15 is 0 Å². The van der Waals surface area contributed by atoms with Crippen LogP contribution in [0.25, 0.3) is 0 Å². The van der Waals surface area contributed by atoms with Gasteiger partial charge in [-0.15, -0.1) is 12.4 Å². The molecule has 1 aromatic rings. The van der Waals surface area contributed by atoms with Crippen LogP contribution in [0.3, 0.4) is 0 Å². The van der Waals surface area contributed by atoms with Crippen LogP contribution in [0, 0.1) is 0 Å². The fraction of sp³-hybridized carbons (Fsp3) is 0.333. The summed E-state index contributed by atoms with van der Waals surface area (Å²) in [4.78, 5) is 0. The molecular weight excluding hydrogens is 196 g/mol. The Morgan fingerprint density at radius 3 is 2.15 bits per heavy atom. The maximum absolute atomic E-state index is 12.7. The number of hydrogen-bond donors (Lipinski definition) is 1. The Labute approximate surface area is 82.4 Å². The average molecular weight is 208 g/mol. The van der Waals surface area contributed by atoms with Gasteiger partial charge < -0.3 is 5.73 Å². The summed E-state index contributed by atoms with van der Waals surface area (Å²) >= 11 is 0. The minimum Gasteiger partial charge on any atom is -0.325 e. The number of nitrogens with two attached hydrogens (primary N) is 1. The quantitative estimate of drug-likeness (QED) is 0.809. The number of halogens is 3. The average Bonchev–Trinajstić information content (AvgIpc) is 2.06. The highest BCUT2D eigenvalue weighted by molar-refractivity contribution is 5.85. The number of hydrogen-bond acceptors (Lipinski definition) is 1. The first-order valence-corrected chi connectivity index (χ1v) is 3.76. The van der Waals surface area contributed by atoms with Gasteiger partial charge in [0.15, 0.2) is 0 Å². The first kappa shape index (κ1) is 12.3. The standard InChI is InChI=1S/C9H11F2N.ClH/c10-9(11,7-12)6-8-4-2-1-3-5-8;/h1-5H,6-7,12H2;1H. The van der Waals surface area contributed by atoms with Crippen molar-refractivity contribution in [2.24, 2.45) is 5.73 Å². The molecule has 13 heavy (non-hydrogen) atoms. The van der Waals surface area contributed by atoms with Crippen molar-refractivity contribution in [2.45, 2.75) is 12.3 Å². The molecule has 0 bridgehead atoms. The Hall–Kier alpha value is -0.670. The van der Waals surface area contributed by atoms with E-state index in [2.05, 4.69) is 0 Å². The zero-order valence-electron chi connectivity index (χ0n) is 7.04. The predicted octanol–water partition coefficient (Wildman–Crippen LogP) is 2.24. The summed E-state index contributed by atoms with van der Waals surface area (Å²) in [7, 11) is 0. The summed E-state index contributed by atoms with van der Waals surface area (Å²) in [6.07, 6.45) is -0.273. The Morgan fingerprint density at radius 2 is 1.69 bits per heavy atom. The second-order valence-corrected chi connectivity index (χ2v) is 2.72. The topological polar surface area (TPSA) is 26.0 Å². The van der Waals surface area contributed by atoms with Crippen molar-refractivity contribution in [2.75, 3.05) is 6.54 Å². The highest BCUT2D eigenvalue weighted by Gasteiger charge is 2.26. The molecule has 0 aliphatic rings. The second-order valence-electron chi connectivity index (χ2n) is 2.72. The maximum atomic E-state index is 12.7. The number of rotatable bonds is 3. The molecular formula is C9H12ClF2N. The lowest BCUT2D eigenvalue weighted by Crippen LogP contribution is -2.30. The molecule has 0 radical (unpaired) electrons. The highest BCUT2D eigenvalue weighted by atomic mass is 35.5. The van der Waals surface area contributed by atoms with E-state index in [1.54, 1.807) is 30.3 Å². The molecule has 0 aromatic heterocycles. The molecule has 0 atom stereocenters. The molecule has 0 aliphatic carbocycles. The van der Waals surface area contributed by atoms with E-state index in [-0.39, 0.29) is 18.8 Å². The zero-order chi connectivity index (χ0) is 9.03. The zero-order valence-corrected chi connectivity index (χ0v) is 7.86. The summed E-state index contributed by atoms with van der Waals surface area (Å²) in [6.45, 7) is -0.595. The summed E-state index contributed by atoms with van der Waals surface area (Å²) in [5.41, 5.74) is 5.52. The lowest BCUT2D eigenvalue weighted by Gasteiger charge is -2.12. The van der Waals surface area contributed by atoms with Crippen molar-refractivity contribution in [1.29, 1.82) is 0 Å². The van der Waals surface area contributed by atoms with Crippen LogP contribution in [-0.4, -0.2) is 12.5 Å². The SMILES string of the molecule is Cl.NCC(F)(F)Cc1ccccc1. The van der Waals surface area contributed by atoms with Gasteiger partial charge >= 0.3 is 0 Å². The molecule has 0 unspecified atom stereocenters. The number of alkyl halides is 2. The third-order valence-electron chi connectivity index (χ3n) is 1.60. The van der Waals surface area contributed by atoms with Crippen LogP contribution in [0.4, 0.5) is 8.78 Å². The van der Waals surface area contributed by atoms with E-state index in [0.717, 1.165) is 0 Å². The smallest absolute Gasteiger partial charge is 0.264 e. The summed E-state index contributed by atoms with van der Waals surface area (Å²) in [5, 5.41) is 0. The van der Waals surface area contributed by atoms with E-state index in [1.807, 2.05) is 0 Å². The van der Waals surface area contributed by atoms with Gasteiger partial charge in [0.2, 0.25) is 0 Å². The fourth-order valence-electron chi connectivity index (χ4n) is 0.967. The van der Waals surface area contributed by atoms with Gasteiger partial charge in [-0.1, -0.05) is 30.3 Å². The Bertz CT molecular complexity index is 239. The van der Waals surface area contributed by atoms with Crippen LogP contribution in [-0.2, 0) is 6.42 Å². The minimum absolute atomic E-state index is 0. The van der Waals surface area contributed by atoms with Crippen LogP contribution in [0.2, 0.25) is 0 Å². The summed E-state index contributed by atoms with van der Waals surface area (Å²) in [5.74, 6) is -2.78. The predicted molar refractivity (Wildman–Crippen MR) is 51.4 cm³/mol. The van der Waals surface area contributed by atoms with E-state index < -0.39 is 12.5 Å². The molecule has 1 aromatic carbocycles. The highest BCUT2D eigenvalue weighted by Crippen LogP contribution is 2.17. The van der Waals surface area contributed by atoms with Crippen molar-refractivity contribution in [3.05, 3.63) is 35.9 Å². The lowest BCUT2D eigenvalue weighted by molar-refractivity contribution is 0.0115. The van der Waals surface area contributed by atoms with Gasteiger partial charge in [0.1, 0.15) is 0 Å². The van der Waals surface area contributed by atoms with Crippen molar-refractivity contribution >= 4 is 12.4 Å². The molecule has 1 rings (SSSR count). The molecule has 0 amide bonds.